The maximum Gasteiger partial charge on any atom is 0.181 e. The Labute approximate surface area is 175 Å². The highest BCUT2D eigenvalue weighted by Crippen LogP contribution is 2.30. The largest absolute Gasteiger partial charge is 0.393 e. The Hall–Kier alpha value is -2.12. The van der Waals surface area contributed by atoms with Crippen molar-refractivity contribution in [3.05, 3.63) is 69.5 Å². The molecule has 0 aliphatic heterocycles. The number of fused-ring (bicyclic) bond motifs is 1. The Morgan fingerprint density at radius 2 is 1.97 bits per heavy atom. The molecule has 2 heterocycles. The second-order valence-corrected chi connectivity index (χ2v) is 8.48. The van der Waals surface area contributed by atoms with E-state index in [4.69, 9.17) is 0 Å². The Bertz CT molecular complexity index is 1070. The van der Waals surface area contributed by atoms with Gasteiger partial charge < -0.3 is 5.11 Å². The van der Waals surface area contributed by atoms with E-state index in [1.54, 1.807) is 22.8 Å². The lowest BCUT2D eigenvalue weighted by Gasteiger charge is -2.26. The number of nitrogens with zero attached hydrogens (tertiary/aromatic N) is 2. The standard InChI is InChI=1S/C22H21BrF2N2O2/c23-16-8-7-14(21(24)22(16)25)10-15-11-18(27-17(15)5-3-9-26-27)20(29)12-13-4-1-2-6-19(13)28/h3,5,7-9,11,13,19,28H,1-2,4,6,10,12H2/t13-,19+/m1/s1. The quantitative estimate of drug-likeness (QED) is 0.424. The van der Waals surface area contributed by atoms with E-state index in [0.717, 1.165) is 25.7 Å². The van der Waals surface area contributed by atoms with E-state index >= 15 is 0 Å². The van der Waals surface area contributed by atoms with Crippen LogP contribution in [0.5, 0.6) is 0 Å². The Balaban J connectivity index is 1.67. The van der Waals surface area contributed by atoms with Gasteiger partial charge >= 0.3 is 0 Å². The summed E-state index contributed by atoms with van der Waals surface area (Å²) in [7, 11) is 0. The summed E-state index contributed by atoms with van der Waals surface area (Å²) in [5, 5.41) is 14.5. The van der Waals surface area contributed by atoms with Crippen LogP contribution in [0.15, 0.2) is 41.0 Å². The van der Waals surface area contributed by atoms with E-state index in [-0.39, 0.29) is 34.6 Å². The second-order valence-electron chi connectivity index (χ2n) is 7.63. The van der Waals surface area contributed by atoms with Gasteiger partial charge in [-0.15, -0.1) is 0 Å². The molecule has 0 bridgehead atoms. The Morgan fingerprint density at radius 3 is 2.76 bits per heavy atom. The van der Waals surface area contributed by atoms with E-state index in [1.165, 1.54) is 12.1 Å². The predicted molar refractivity (Wildman–Crippen MR) is 109 cm³/mol. The van der Waals surface area contributed by atoms with Gasteiger partial charge in [0.2, 0.25) is 0 Å². The lowest BCUT2D eigenvalue weighted by molar-refractivity contribution is 0.0580. The van der Waals surface area contributed by atoms with Crippen LogP contribution in [-0.2, 0) is 6.42 Å². The van der Waals surface area contributed by atoms with Crippen molar-refractivity contribution < 1.29 is 18.7 Å². The van der Waals surface area contributed by atoms with Crippen LogP contribution in [-0.4, -0.2) is 26.6 Å². The predicted octanol–water partition coefficient (Wildman–Crippen LogP) is 5.09. The zero-order chi connectivity index (χ0) is 20.5. The maximum atomic E-state index is 14.3. The molecule has 1 aromatic carbocycles. The minimum Gasteiger partial charge on any atom is -0.393 e. The topological polar surface area (TPSA) is 54.6 Å². The molecule has 0 radical (unpaired) electrons. The third kappa shape index (κ3) is 3.98. The molecule has 152 valence electrons. The number of hydrogen-bond donors (Lipinski definition) is 1. The fraction of sp³-hybridized carbons (Fsp3) is 0.364. The lowest BCUT2D eigenvalue weighted by Crippen LogP contribution is -2.27. The molecular formula is C22H21BrF2N2O2. The van der Waals surface area contributed by atoms with Crippen molar-refractivity contribution in [2.45, 2.75) is 44.6 Å². The van der Waals surface area contributed by atoms with Crippen molar-refractivity contribution in [1.29, 1.82) is 0 Å². The molecule has 2 aromatic heterocycles. The van der Waals surface area contributed by atoms with Crippen LogP contribution in [0.1, 0.15) is 53.7 Å². The van der Waals surface area contributed by atoms with Crippen LogP contribution in [0.4, 0.5) is 8.78 Å². The van der Waals surface area contributed by atoms with E-state index in [0.29, 0.717) is 16.8 Å². The number of carbonyl (C=O) groups excluding carboxylic acids is 1. The molecule has 4 rings (SSSR count). The number of halogens is 3. The normalized spacial score (nSPS) is 19.6. The highest BCUT2D eigenvalue weighted by molar-refractivity contribution is 9.10. The number of aliphatic hydroxyl groups is 1. The van der Waals surface area contributed by atoms with Gasteiger partial charge in [0, 0.05) is 19.0 Å². The Morgan fingerprint density at radius 1 is 1.17 bits per heavy atom. The summed E-state index contributed by atoms with van der Waals surface area (Å²) in [6.45, 7) is 0. The van der Waals surface area contributed by atoms with Crippen molar-refractivity contribution >= 4 is 27.2 Å². The molecule has 0 unspecified atom stereocenters. The van der Waals surface area contributed by atoms with Gasteiger partial charge in [-0.05, 0) is 70.1 Å². The molecule has 1 aliphatic rings. The fourth-order valence-electron chi connectivity index (χ4n) is 4.12. The SMILES string of the molecule is O=C(C[C@H]1CCCC[C@@H]1O)c1cc(Cc2ccc(Br)c(F)c2F)c2cccnn12. The van der Waals surface area contributed by atoms with Crippen molar-refractivity contribution in [1.82, 2.24) is 9.61 Å². The third-order valence-electron chi connectivity index (χ3n) is 5.72. The molecular weight excluding hydrogens is 442 g/mol. The first-order valence-electron chi connectivity index (χ1n) is 9.75. The number of hydrogen-bond acceptors (Lipinski definition) is 3. The van der Waals surface area contributed by atoms with Crippen LogP contribution in [0.3, 0.4) is 0 Å². The van der Waals surface area contributed by atoms with Crippen molar-refractivity contribution in [2.24, 2.45) is 5.92 Å². The van der Waals surface area contributed by atoms with Gasteiger partial charge in [0.1, 0.15) is 5.69 Å². The Kier molecular flexibility index (Phi) is 5.79. The van der Waals surface area contributed by atoms with Gasteiger partial charge in [-0.2, -0.15) is 5.10 Å². The number of ketones is 1. The molecule has 1 N–H and O–H groups in total. The first-order valence-corrected chi connectivity index (χ1v) is 10.5. The van der Waals surface area contributed by atoms with E-state index in [2.05, 4.69) is 21.0 Å². The number of Topliss-reactive ketones (excluding diaryl/α,β-unsaturated/α-hetero) is 1. The molecule has 0 saturated heterocycles. The zero-order valence-electron chi connectivity index (χ0n) is 15.7. The summed E-state index contributed by atoms with van der Waals surface area (Å²) in [5.74, 6) is -1.97. The summed E-state index contributed by atoms with van der Waals surface area (Å²) in [4.78, 5) is 13.0. The minimum atomic E-state index is -0.924. The van der Waals surface area contributed by atoms with Crippen LogP contribution in [0.25, 0.3) is 5.52 Å². The van der Waals surface area contributed by atoms with Crippen LogP contribution >= 0.6 is 15.9 Å². The van der Waals surface area contributed by atoms with E-state index in [9.17, 15) is 18.7 Å². The molecule has 1 fully saturated rings. The van der Waals surface area contributed by atoms with Crippen LogP contribution < -0.4 is 0 Å². The number of rotatable bonds is 5. The average Bonchev–Trinajstić information content (AvgIpc) is 3.09. The first kappa shape index (κ1) is 20.2. The smallest absolute Gasteiger partial charge is 0.181 e. The molecule has 1 aliphatic carbocycles. The lowest BCUT2D eigenvalue weighted by atomic mass is 9.83. The van der Waals surface area contributed by atoms with Crippen LogP contribution in [0.2, 0.25) is 0 Å². The molecule has 1 saturated carbocycles. The van der Waals surface area contributed by atoms with Crippen molar-refractivity contribution in [3.63, 3.8) is 0 Å². The molecule has 0 spiro atoms. The molecule has 0 amide bonds. The van der Waals surface area contributed by atoms with Gasteiger partial charge in [-0.1, -0.05) is 18.9 Å². The van der Waals surface area contributed by atoms with Gasteiger partial charge in [-0.25, -0.2) is 13.3 Å². The summed E-state index contributed by atoms with van der Waals surface area (Å²) in [5.41, 5.74) is 2.00. The number of aromatic nitrogens is 2. The number of benzene rings is 1. The third-order valence-corrected chi connectivity index (χ3v) is 6.33. The van der Waals surface area contributed by atoms with Gasteiger partial charge in [0.15, 0.2) is 17.4 Å². The summed E-state index contributed by atoms with van der Waals surface area (Å²) < 4.78 is 29.9. The summed E-state index contributed by atoms with van der Waals surface area (Å²) in [6, 6.07) is 8.26. The average molecular weight is 463 g/mol. The van der Waals surface area contributed by atoms with Gasteiger partial charge in [0.25, 0.3) is 0 Å². The molecule has 2 atom stereocenters. The highest BCUT2D eigenvalue weighted by atomic mass is 79.9. The van der Waals surface area contributed by atoms with E-state index in [1.807, 2.05) is 6.07 Å². The van der Waals surface area contributed by atoms with Crippen molar-refractivity contribution in [2.75, 3.05) is 0 Å². The van der Waals surface area contributed by atoms with Gasteiger partial charge in [-0.3, -0.25) is 4.79 Å². The maximum absolute atomic E-state index is 14.3. The van der Waals surface area contributed by atoms with Crippen LogP contribution in [0, 0.1) is 17.6 Å². The fourth-order valence-corrected chi connectivity index (χ4v) is 4.43. The molecule has 7 heteroatoms. The second kappa shape index (κ2) is 8.32. The number of aliphatic hydroxyl groups excluding tert-OH is 1. The molecule has 3 aromatic rings. The van der Waals surface area contributed by atoms with Gasteiger partial charge in [0.05, 0.1) is 16.1 Å². The first-order chi connectivity index (χ1) is 14.0. The summed E-state index contributed by atoms with van der Waals surface area (Å²) in [6.07, 6.45) is 5.09. The van der Waals surface area contributed by atoms with E-state index < -0.39 is 17.7 Å². The minimum absolute atomic E-state index is 0.0491. The monoisotopic (exact) mass is 462 g/mol. The van der Waals surface area contributed by atoms with Crippen molar-refractivity contribution in [3.8, 4) is 0 Å². The summed E-state index contributed by atoms with van der Waals surface area (Å²) >= 11 is 2.99. The molecule has 4 nitrogen and oxygen atoms in total. The zero-order valence-corrected chi connectivity index (χ0v) is 17.3. The number of carbonyl (C=O) groups is 1. The molecule has 29 heavy (non-hydrogen) atoms. The highest BCUT2D eigenvalue weighted by Gasteiger charge is 2.27.